The average molecular weight is 470 g/mol. The molecule has 0 spiro atoms. The predicted octanol–water partition coefficient (Wildman–Crippen LogP) is 0.717. The number of likely N-dealkylation sites (tertiary alicyclic amines) is 1. The SMILES string of the molecule is Cn1c(=O)c2c(C(=O)NCC3CCN(Cc4cccc(F)c4)CC3)cc(=O)n(C)c2n(C)c1=O. The lowest BCUT2D eigenvalue weighted by atomic mass is 9.96. The number of pyridine rings is 1. The zero-order valence-corrected chi connectivity index (χ0v) is 19.5. The number of benzene rings is 1. The first kappa shape index (κ1) is 23.6. The molecule has 1 aromatic carbocycles. The molecule has 0 radical (unpaired) electrons. The van der Waals surface area contributed by atoms with Crippen molar-refractivity contribution in [2.75, 3.05) is 19.6 Å². The second kappa shape index (κ2) is 9.38. The van der Waals surface area contributed by atoms with Crippen LogP contribution in [0.15, 0.2) is 44.7 Å². The van der Waals surface area contributed by atoms with Gasteiger partial charge in [-0.2, -0.15) is 0 Å². The lowest BCUT2D eigenvalue weighted by Gasteiger charge is -2.32. The molecule has 0 bridgehead atoms. The fourth-order valence-electron chi connectivity index (χ4n) is 4.61. The summed E-state index contributed by atoms with van der Waals surface area (Å²) in [6, 6.07) is 7.73. The standard InChI is InChI=1S/C24H28FN5O4/c1-27-19(31)12-18(20-22(27)28(2)24(34)29(3)23(20)33)21(32)26-13-15-7-9-30(10-8-15)14-16-5-4-6-17(25)11-16/h4-6,11-12,15H,7-10,13-14H2,1-3H3,(H,26,32). The summed E-state index contributed by atoms with van der Waals surface area (Å²) in [7, 11) is 4.26. The van der Waals surface area contributed by atoms with Gasteiger partial charge in [-0.1, -0.05) is 12.1 Å². The number of piperidine rings is 1. The van der Waals surface area contributed by atoms with E-state index in [0.717, 1.165) is 42.1 Å². The third kappa shape index (κ3) is 4.45. The first-order valence-electron chi connectivity index (χ1n) is 11.2. The van der Waals surface area contributed by atoms with Crippen molar-refractivity contribution in [3.8, 4) is 0 Å². The number of carbonyl (C=O) groups excluding carboxylic acids is 1. The second-order valence-corrected chi connectivity index (χ2v) is 8.92. The molecule has 9 nitrogen and oxygen atoms in total. The van der Waals surface area contributed by atoms with Crippen molar-refractivity contribution in [2.45, 2.75) is 19.4 Å². The Morgan fingerprint density at radius 3 is 2.41 bits per heavy atom. The number of nitrogens with one attached hydrogen (secondary N) is 1. The molecule has 1 aliphatic heterocycles. The summed E-state index contributed by atoms with van der Waals surface area (Å²) in [6.45, 7) is 2.75. The molecule has 3 heterocycles. The van der Waals surface area contributed by atoms with Crippen LogP contribution in [0, 0.1) is 11.7 Å². The van der Waals surface area contributed by atoms with E-state index in [1.54, 1.807) is 12.1 Å². The van der Waals surface area contributed by atoms with Gasteiger partial charge in [0.2, 0.25) is 0 Å². The largest absolute Gasteiger partial charge is 0.352 e. The fourth-order valence-corrected chi connectivity index (χ4v) is 4.61. The van der Waals surface area contributed by atoms with Gasteiger partial charge < -0.3 is 5.32 Å². The van der Waals surface area contributed by atoms with E-state index in [9.17, 15) is 23.6 Å². The number of rotatable bonds is 5. The molecular formula is C24H28FN5O4. The van der Waals surface area contributed by atoms with Gasteiger partial charge in [0.1, 0.15) is 11.5 Å². The monoisotopic (exact) mass is 469 g/mol. The maximum Gasteiger partial charge on any atom is 0.332 e. The number of aryl methyl sites for hydroxylation is 2. The fraction of sp³-hybridized carbons (Fsp3) is 0.417. The molecule has 4 rings (SSSR count). The molecular weight excluding hydrogens is 441 g/mol. The smallest absolute Gasteiger partial charge is 0.332 e. The number of aromatic nitrogens is 3. The Bertz CT molecular complexity index is 1430. The van der Waals surface area contributed by atoms with Crippen molar-refractivity contribution in [1.29, 1.82) is 0 Å². The van der Waals surface area contributed by atoms with Crippen LogP contribution in [0.2, 0.25) is 0 Å². The Hall–Kier alpha value is -3.53. The van der Waals surface area contributed by atoms with Crippen LogP contribution < -0.4 is 22.1 Å². The van der Waals surface area contributed by atoms with Crippen molar-refractivity contribution in [2.24, 2.45) is 27.1 Å². The normalized spacial score (nSPS) is 15.1. The van der Waals surface area contributed by atoms with E-state index >= 15 is 0 Å². The molecule has 1 fully saturated rings. The number of halogens is 1. The molecule has 3 aromatic rings. The van der Waals surface area contributed by atoms with Gasteiger partial charge in [-0.15, -0.1) is 0 Å². The maximum atomic E-state index is 13.4. The van der Waals surface area contributed by atoms with Gasteiger partial charge in [-0.3, -0.25) is 33.0 Å². The van der Waals surface area contributed by atoms with Gasteiger partial charge >= 0.3 is 5.69 Å². The summed E-state index contributed by atoms with van der Waals surface area (Å²) >= 11 is 0. The van der Waals surface area contributed by atoms with Crippen LogP contribution in [-0.2, 0) is 27.7 Å². The van der Waals surface area contributed by atoms with Gasteiger partial charge in [-0.25, -0.2) is 9.18 Å². The van der Waals surface area contributed by atoms with E-state index in [-0.39, 0.29) is 28.3 Å². The predicted molar refractivity (Wildman–Crippen MR) is 126 cm³/mol. The van der Waals surface area contributed by atoms with Gasteiger partial charge in [-0.05, 0) is 49.5 Å². The van der Waals surface area contributed by atoms with Gasteiger partial charge in [0.15, 0.2) is 0 Å². The van der Waals surface area contributed by atoms with Gasteiger partial charge in [0.05, 0.1) is 10.9 Å². The number of fused-ring (bicyclic) bond motifs is 1. The highest BCUT2D eigenvalue weighted by Crippen LogP contribution is 2.19. The first-order valence-corrected chi connectivity index (χ1v) is 11.2. The van der Waals surface area contributed by atoms with E-state index in [1.165, 1.54) is 36.3 Å². The Morgan fingerprint density at radius 1 is 1.03 bits per heavy atom. The van der Waals surface area contributed by atoms with Crippen LogP contribution in [0.1, 0.15) is 28.8 Å². The van der Waals surface area contributed by atoms with Crippen molar-refractivity contribution in [3.63, 3.8) is 0 Å². The molecule has 1 aliphatic rings. The summed E-state index contributed by atoms with van der Waals surface area (Å²) in [6.07, 6.45) is 1.73. The molecule has 0 aliphatic carbocycles. The zero-order chi connectivity index (χ0) is 24.6. The third-order valence-corrected chi connectivity index (χ3v) is 6.62. The Labute approximate surface area is 195 Å². The Balaban J connectivity index is 1.47. The highest BCUT2D eigenvalue weighted by molar-refractivity contribution is 6.05. The number of hydrogen-bond donors (Lipinski definition) is 1. The number of nitrogens with zero attached hydrogens (tertiary/aromatic N) is 4. The number of hydrogen-bond acceptors (Lipinski definition) is 5. The number of amides is 1. The minimum atomic E-state index is -0.621. The summed E-state index contributed by atoms with van der Waals surface area (Å²) in [5, 5.41) is 2.91. The van der Waals surface area contributed by atoms with E-state index in [1.807, 2.05) is 6.07 Å². The quantitative estimate of drug-likeness (QED) is 0.594. The second-order valence-electron chi connectivity index (χ2n) is 8.92. The van der Waals surface area contributed by atoms with Crippen LogP contribution in [-0.4, -0.2) is 44.1 Å². The van der Waals surface area contributed by atoms with Crippen molar-refractivity contribution < 1.29 is 9.18 Å². The lowest BCUT2D eigenvalue weighted by Crippen LogP contribution is -2.42. The minimum Gasteiger partial charge on any atom is -0.352 e. The van der Waals surface area contributed by atoms with Crippen LogP contribution >= 0.6 is 0 Å². The molecule has 1 amide bonds. The van der Waals surface area contributed by atoms with Gasteiger partial charge in [0, 0.05) is 40.3 Å². The lowest BCUT2D eigenvalue weighted by molar-refractivity contribution is 0.0936. The molecule has 1 N–H and O–H groups in total. The maximum absolute atomic E-state index is 13.4. The van der Waals surface area contributed by atoms with Crippen LogP contribution in [0.5, 0.6) is 0 Å². The van der Waals surface area contributed by atoms with Crippen molar-refractivity contribution in [3.05, 3.63) is 78.5 Å². The van der Waals surface area contributed by atoms with Crippen molar-refractivity contribution in [1.82, 2.24) is 23.9 Å². The topological polar surface area (TPSA) is 98.3 Å². The van der Waals surface area contributed by atoms with Crippen LogP contribution in [0.3, 0.4) is 0 Å². The molecule has 0 unspecified atom stereocenters. The van der Waals surface area contributed by atoms with E-state index in [4.69, 9.17) is 0 Å². The zero-order valence-electron chi connectivity index (χ0n) is 19.5. The third-order valence-electron chi connectivity index (χ3n) is 6.62. The average Bonchev–Trinajstić information content (AvgIpc) is 2.82. The molecule has 1 saturated heterocycles. The molecule has 10 heteroatoms. The highest BCUT2D eigenvalue weighted by atomic mass is 19.1. The van der Waals surface area contributed by atoms with E-state index in [2.05, 4.69) is 10.2 Å². The minimum absolute atomic E-state index is 0.0298. The summed E-state index contributed by atoms with van der Waals surface area (Å²) in [5.41, 5.74) is -0.666. The molecule has 180 valence electrons. The highest BCUT2D eigenvalue weighted by Gasteiger charge is 2.23. The summed E-state index contributed by atoms with van der Waals surface area (Å²) in [4.78, 5) is 52.9. The van der Waals surface area contributed by atoms with E-state index < -0.39 is 22.7 Å². The van der Waals surface area contributed by atoms with Crippen molar-refractivity contribution >= 4 is 16.9 Å². The van der Waals surface area contributed by atoms with Gasteiger partial charge in [0.25, 0.3) is 17.0 Å². The summed E-state index contributed by atoms with van der Waals surface area (Å²) in [5.74, 6) is -0.508. The summed E-state index contributed by atoms with van der Waals surface area (Å²) < 4.78 is 16.7. The Morgan fingerprint density at radius 2 is 1.74 bits per heavy atom. The van der Waals surface area contributed by atoms with E-state index in [0.29, 0.717) is 13.1 Å². The molecule has 34 heavy (non-hydrogen) atoms. The molecule has 0 atom stereocenters. The Kier molecular flexibility index (Phi) is 6.52. The molecule has 2 aromatic heterocycles. The first-order chi connectivity index (χ1) is 16.2. The number of carbonyl (C=O) groups is 1. The van der Waals surface area contributed by atoms with Crippen LogP contribution in [0.25, 0.3) is 11.0 Å². The molecule has 0 saturated carbocycles. The van der Waals surface area contributed by atoms with Crippen LogP contribution in [0.4, 0.5) is 4.39 Å².